The van der Waals surface area contributed by atoms with Crippen molar-refractivity contribution >= 4 is 5.97 Å². The minimum absolute atomic E-state index is 0.422. The Bertz CT molecular complexity index is 253. The zero-order chi connectivity index (χ0) is 12.8. The highest BCUT2D eigenvalue weighted by atomic mass is 16.5. The second-order valence-electron chi connectivity index (χ2n) is 4.10. The predicted molar refractivity (Wildman–Crippen MR) is 68.3 cm³/mol. The molecule has 0 N–H and O–H groups in total. The lowest BCUT2D eigenvalue weighted by Crippen LogP contribution is -2.02. The third-order valence-corrected chi connectivity index (χ3v) is 2.54. The van der Waals surface area contributed by atoms with Gasteiger partial charge in [-0.2, -0.15) is 5.26 Å². The van der Waals surface area contributed by atoms with Crippen LogP contribution in [-0.2, 0) is 9.53 Å². The van der Waals surface area contributed by atoms with E-state index in [-0.39, 0.29) is 0 Å². The second kappa shape index (κ2) is 12.8. The fourth-order valence-corrected chi connectivity index (χ4v) is 1.56. The summed E-state index contributed by atoms with van der Waals surface area (Å²) in [7, 11) is 0. The van der Waals surface area contributed by atoms with Gasteiger partial charge in [-0.1, -0.05) is 51.9 Å². The molecular weight excluding hydrogens is 214 g/mol. The molecule has 0 radical (unpaired) electrons. The van der Waals surface area contributed by atoms with Crippen LogP contribution in [0.3, 0.4) is 0 Å². The Balaban J connectivity index is 3.16. The van der Waals surface area contributed by atoms with Crippen molar-refractivity contribution in [3.8, 4) is 6.07 Å². The van der Waals surface area contributed by atoms with Gasteiger partial charge in [0.1, 0.15) is 0 Å². The highest BCUT2D eigenvalue weighted by molar-refractivity contribution is 5.82. The summed E-state index contributed by atoms with van der Waals surface area (Å²) in [5, 5.41) is 8.20. The monoisotopic (exact) mass is 237 g/mol. The van der Waals surface area contributed by atoms with Gasteiger partial charge >= 0.3 is 5.97 Å². The number of allylic oxidation sites excluding steroid dienone is 1. The molecule has 0 fully saturated rings. The maximum absolute atomic E-state index is 10.9. The molecule has 3 heteroatoms. The number of nitriles is 1. The molecule has 0 heterocycles. The van der Waals surface area contributed by atoms with Crippen molar-refractivity contribution in [2.45, 2.75) is 58.3 Å². The SMILES string of the molecule is CCCCCCCCCCOC(=O)C=CC#N. The minimum Gasteiger partial charge on any atom is -0.463 e. The van der Waals surface area contributed by atoms with Crippen molar-refractivity contribution in [2.24, 2.45) is 0 Å². The molecule has 0 aliphatic rings. The molecule has 0 saturated carbocycles. The lowest BCUT2D eigenvalue weighted by molar-refractivity contribution is -0.137. The summed E-state index contributed by atoms with van der Waals surface area (Å²) < 4.78 is 4.91. The first-order valence-electron chi connectivity index (χ1n) is 6.54. The first kappa shape index (κ1) is 15.7. The molecule has 96 valence electrons. The number of hydrogen-bond acceptors (Lipinski definition) is 3. The number of nitrogens with zero attached hydrogens (tertiary/aromatic N) is 1. The Morgan fingerprint density at radius 1 is 1.12 bits per heavy atom. The molecule has 0 spiro atoms. The fraction of sp³-hybridized carbons (Fsp3) is 0.714. The largest absolute Gasteiger partial charge is 0.463 e. The van der Waals surface area contributed by atoms with Crippen LogP contribution in [0.1, 0.15) is 58.3 Å². The molecule has 0 aliphatic carbocycles. The van der Waals surface area contributed by atoms with Gasteiger partial charge in [0.15, 0.2) is 0 Å². The van der Waals surface area contributed by atoms with Crippen molar-refractivity contribution in [1.29, 1.82) is 5.26 Å². The molecule has 0 aromatic rings. The molecule has 0 rings (SSSR count). The van der Waals surface area contributed by atoms with Gasteiger partial charge in [-0.15, -0.1) is 0 Å². The van der Waals surface area contributed by atoms with E-state index < -0.39 is 5.97 Å². The van der Waals surface area contributed by atoms with E-state index in [1.807, 2.05) is 0 Å². The number of rotatable bonds is 10. The number of hydrogen-bond donors (Lipinski definition) is 0. The van der Waals surface area contributed by atoms with Crippen LogP contribution >= 0.6 is 0 Å². The van der Waals surface area contributed by atoms with E-state index in [0.717, 1.165) is 25.0 Å². The molecule has 0 amide bonds. The lowest BCUT2D eigenvalue weighted by atomic mass is 10.1. The molecule has 0 atom stereocenters. The first-order chi connectivity index (χ1) is 8.31. The Kier molecular flexibility index (Phi) is 11.8. The van der Waals surface area contributed by atoms with Crippen molar-refractivity contribution in [3.63, 3.8) is 0 Å². The number of esters is 1. The van der Waals surface area contributed by atoms with Gasteiger partial charge in [-0.25, -0.2) is 4.79 Å². The topological polar surface area (TPSA) is 50.1 Å². The fourth-order valence-electron chi connectivity index (χ4n) is 1.56. The minimum atomic E-state index is -0.422. The van der Waals surface area contributed by atoms with Gasteiger partial charge in [0.05, 0.1) is 12.7 Å². The number of carbonyl (C=O) groups excluding carboxylic acids is 1. The van der Waals surface area contributed by atoms with Gasteiger partial charge < -0.3 is 4.74 Å². The first-order valence-corrected chi connectivity index (χ1v) is 6.54. The predicted octanol–water partition coefficient (Wildman–Crippen LogP) is 3.75. The standard InChI is InChI=1S/C14H23NO2/c1-2-3-4-5-6-7-8-9-13-17-14(16)11-10-12-15/h10-11H,2-9,13H2,1H3. The second-order valence-corrected chi connectivity index (χ2v) is 4.10. The van der Waals surface area contributed by atoms with Gasteiger partial charge in [0.25, 0.3) is 0 Å². The van der Waals surface area contributed by atoms with E-state index in [9.17, 15) is 4.79 Å². The molecule has 0 aromatic carbocycles. The average molecular weight is 237 g/mol. The summed E-state index contributed by atoms with van der Waals surface area (Å²) in [6.45, 7) is 2.68. The molecule has 0 aliphatic heterocycles. The van der Waals surface area contributed by atoms with E-state index in [1.54, 1.807) is 6.07 Å². The summed E-state index contributed by atoms with van der Waals surface area (Å²) in [4.78, 5) is 10.9. The molecule has 0 bridgehead atoms. The molecular formula is C14H23NO2. The van der Waals surface area contributed by atoms with Crippen LogP contribution in [0, 0.1) is 11.3 Å². The quantitative estimate of drug-likeness (QED) is 0.251. The van der Waals surface area contributed by atoms with Gasteiger partial charge in [0, 0.05) is 12.2 Å². The molecule has 0 aromatic heterocycles. The highest BCUT2D eigenvalue weighted by Crippen LogP contribution is 2.08. The normalized spacial score (nSPS) is 10.4. The Morgan fingerprint density at radius 2 is 1.71 bits per heavy atom. The van der Waals surface area contributed by atoms with Crippen molar-refractivity contribution in [2.75, 3.05) is 6.61 Å². The van der Waals surface area contributed by atoms with Crippen LogP contribution in [0.2, 0.25) is 0 Å². The van der Waals surface area contributed by atoms with Gasteiger partial charge in [-0.3, -0.25) is 0 Å². The van der Waals surface area contributed by atoms with E-state index >= 15 is 0 Å². The van der Waals surface area contributed by atoms with Crippen molar-refractivity contribution in [1.82, 2.24) is 0 Å². The van der Waals surface area contributed by atoms with E-state index in [1.165, 1.54) is 38.5 Å². The maximum atomic E-state index is 10.9. The third kappa shape index (κ3) is 12.6. The maximum Gasteiger partial charge on any atom is 0.331 e. The summed E-state index contributed by atoms with van der Waals surface area (Å²) in [5.41, 5.74) is 0. The smallest absolute Gasteiger partial charge is 0.331 e. The molecule has 0 unspecified atom stereocenters. The lowest BCUT2D eigenvalue weighted by Gasteiger charge is -2.02. The van der Waals surface area contributed by atoms with Gasteiger partial charge in [0.2, 0.25) is 0 Å². The molecule has 17 heavy (non-hydrogen) atoms. The summed E-state index contributed by atoms with van der Waals surface area (Å²) in [6.07, 6.45) is 12.1. The summed E-state index contributed by atoms with van der Waals surface area (Å²) in [6, 6.07) is 1.75. The van der Waals surface area contributed by atoms with Gasteiger partial charge in [-0.05, 0) is 6.42 Å². The van der Waals surface area contributed by atoms with E-state index in [0.29, 0.717) is 6.61 Å². The van der Waals surface area contributed by atoms with Crippen LogP contribution in [-0.4, -0.2) is 12.6 Å². The van der Waals surface area contributed by atoms with Crippen molar-refractivity contribution in [3.05, 3.63) is 12.2 Å². The molecule has 3 nitrogen and oxygen atoms in total. The Morgan fingerprint density at radius 3 is 2.29 bits per heavy atom. The Hall–Kier alpha value is -1.30. The van der Waals surface area contributed by atoms with Crippen LogP contribution in [0.25, 0.3) is 0 Å². The zero-order valence-electron chi connectivity index (χ0n) is 10.8. The van der Waals surface area contributed by atoms with E-state index in [4.69, 9.17) is 10.00 Å². The van der Waals surface area contributed by atoms with E-state index in [2.05, 4.69) is 6.92 Å². The zero-order valence-corrected chi connectivity index (χ0v) is 10.8. The summed E-state index contributed by atoms with van der Waals surface area (Å²) >= 11 is 0. The number of ether oxygens (including phenoxy) is 1. The van der Waals surface area contributed by atoms with Crippen LogP contribution in [0.4, 0.5) is 0 Å². The molecule has 0 saturated heterocycles. The summed E-state index contributed by atoms with van der Waals surface area (Å²) in [5.74, 6) is -0.422. The third-order valence-electron chi connectivity index (χ3n) is 2.54. The van der Waals surface area contributed by atoms with Crippen LogP contribution in [0.15, 0.2) is 12.2 Å². The average Bonchev–Trinajstić information content (AvgIpc) is 2.34. The highest BCUT2D eigenvalue weighted by Gasteiger charge is 1.96. The van der Waals surface area contributed by atoms with Crippen LogP contribution in [0.5, 0.6) is 0 Å². The van der Waals surface area contributed by atoms with Crippen molar-refractivity contribution < 1.29 is 9.53 Å². The van der Waals surface area contributed by atoms with Crippen LogP contribution < -0.4 is 0 Å². The number of carbonyl (C=O) groups is 1. The number of unbranched alkanes of at least 4 members (excludes halogenated alkanes) is 7. The Labute approximate surface area is 104 Å².